The standard InChI is InChI=1S/C19H18F2N2O3/c1-2-26-18(16-15(20)8-7-14(11-24)17(16)21)19(25)23-10-13-5-3-12(9-22)4-6-13/h3-8,18,24H,2,10-11H2,1H3,(H,23,25). The van der Waals surface area contributed by atoms with Gasteiger partial charge in [-0.25, -0.2) is 8.78 Å². The maximum Gasteiger partial charge on any atom is 0.254 e. The van der Waals surface area contributed by atoms with Gasteiger partial charge in [-0.3, -0.25) is 4.79 Å². The largest absolute Gasteiger partial charge is 0.392 e. The number of halogens is 2. The number of nitrogens with zero attached hydrogens (tertiary/aromatic N) is 1. The van der Waals surface area contributed by atoms with Gasteiger partial charge in [0.25, 0.3) is 5.91 Å². The van der Waals surface area contributed by atoms with Gasteiger partial charge in [-0.2, -0.15) is 5.26 Å². The van der Waals surface area contributed by atoms with Gasteiger partial charge in [0.05, 0.1) is 23.8 Å². The van der Waals surface area contributed by atoms with Crippen LogP contribution in [0, 0.1) is 23.0 Å². The summed E-state index contributed by atoms with van der Waals surface area (Å²) in [6.45, 7) is 1.16. The molecule has 0 spiro atoms. The molecule has 0 fully saturated rings. The Hall–Kier alpha value is -2.82. The monoisotopic (exact) mass is 360 g/mol. The highest BCUT2D eigenvalue weighted by Gasteiger charge is 2.28. The predicted molar refractivity (Wildman–Crippen MR) is 89.7 cm³/mol. The highest BCUT2D eigenvalue weighted by molar-refractivity contribution is 5.82. The van der Waals surface area contributed by atoms with Crippen LogP contribution in [0.3, 0.4) is 0 Å². The average molecular weight is 360 g/mol. The molecule has 0 saturated heterocycles. The molecule has 7 heteroatoms. The predicted octanol–water partition coefficient (Wildman–Crippen LogP) is 2.72. The first kappa shape index (κ1) is 19.5. The summed E-state index contributed by atoms with van der Waals surface area (Å²) in [4.78, 5) is 12.4. The van der Waals surface area contributed by atoms with Crippen molar-refractivity contribution >= 4 is 5.91 Å². The summed E-state index contributed by atoms with van der Waals surface area (Å²) in [5.74, 6) is -2.63. The van der Waals surface area contributed by atoms with E-state index in [1.165, 1.54) is 0 Å². The molecule has 1 amide bonds. The van der Waals surface area contributed by atoms with E-state index >= 15 is 0 Å². The fourth-order valence-electron chi connectivity index (χ4n) is 2.41. The topological polar surface area (TPSA) is 82.3 Å². The third-order valence-electron chi connectivity index (χ3n) is 3.76. The Labute approximate surface area is 149 Å². The fourth-order valence-corrected chi connectivity index (χ4v) is 2.41. The van der Waals surface area contributed by atoms with Gasteiger partial charge in [0, 0.05) is 18.7 Å². The molecule has 2 aromatic rings. The van der Waals surface area contributed by atoms with Crippen LogP contribution in [0.15, 0.2) is 36.4 Å². The quantitative estimate of drug-likeness (QED) is 0.795. The van der Waals surface area contributed by atoms with E-state index in [9.17, 15) is 13.6 Å². The molecule has 2 N–H and O–H groups in total. The number of hydrogen-bond acceptors (Lipinski definition) is 4. The molecular weight excluding hydrogens is 342 g/mol. The Kier molecular flexibility index (Phi) is 6.78. The molecule has 0 heterocycles. The molecule has 0 saturated carbocycles. The van der Waals surface area contributed by atoms with Gasteiger partial charge in [0.1, 0.15) is 11.6 Å². The third kappa shape index (κ3) is 4.42. The first-order valence-electron chi connectivity index (χ1n) is 7.97. The van der Waals surface area contributed by atoms with Crippen molar-refractivity contribution < 1.29 is 23.4 Å². The van der Waals surface area contributed by atoms with Gasteiger partial charge in [-0.15, -0.1) is 0 Å². The van der Waals surface area contributed by atoms with Gasteiger partial charge in [-0.1, -0.05) is 18.2 Å². The Bertz CT molecular complexity index is 817. The summed E-state index contributed by atoms with van der Waals surface area (Å²) >= 11 is 0. The summed E-state index contributed by atoms with van der Waals surface area (Å²) in [5, 5.41) is 20.5. The van der Waals surface area contributed by atoms with Crippen LogP contribution in [0.4, 0.5) is 8.78 Å². The number of ether oxygens (including phenoxy) is 1. The molecular formula is C19H18F2N2O3. The van der Waals surface area contributed by atoms with Gasteiger partial charge >= 0.3 is 0 Å². The lowest BCUT2D eigenvalue weighted by Gasteiger charge is -2.19. The van der Waals surface area contributed by atoms with Crippen LogP contribution in [0.25, 0.3) is 0 Å². The second kappa shape index (κ2) is 9.04. The van der Waals surface area contributed by atoms with E-state index in [4.69, 9.17) is 15.1 Å². The minimum absolute atomic E-state index is 0.0667. The Morgan fingerprint density at radius 1 is 1.27 bits per heavy atom. The van der Waals surface area contributed by atoms with Gasteiger partial charge in [0.2, 0.25) is 0 Å². The van der Waals surface area contributed by atoms with Crippen LogP contribution in [-0.4, -0.2) is 17.6 Å². The van der Waals surface area contributed by atoms with E-state index in [1.807, 2.05) is 6.07 Å². The smallest absolute Gasteiger partial charge is 0.254 e. The van der Waals surface area contributed by atoms with Crippen LogP contribution < -0.4 is 5.32 Å². The van der Waals surface area contributed by atoms with Crippen molar-refractivity contribution in [2.45, 2.75) is 26.2 Å². The van der Waals surface area contributed by atoms with Crippen molar-refractivity contribution in [2.75, 3.05) is 6.61 Å². The summed E-state index contributed by atoms with van der Waals surface area (Å²) in [7, 11) is 0. The highest BCUT2D eigenvalue weighted by Crippen LogP contribution is 2.27. The molecule has 0 aliphatic rings. The molecule has 0 aliphatic heterocycles. The molecule has 1 unspecified atom stereocenters. The van der Waals surface area contributed by atoms with Crippen LogP contribution in [0.5, 0.6) is 0 Å². The van der Waals surface area contributed by atoms with Gasteiger partial charge in [0.15, 0.2) is 6.10 Å². The first-order chi connectivity index (χ1) is 12.5. The number of amides is 1. The molecule has 1 atom stereocenters. The maximum atomic E-state index is 14.4. The normalized spacial score (nSPS) is 11.7. The molecule has 2 rings (SSSR count). The number of carbonyl (C=O) groups is 1. The summed E-state index contributed by atoms with van der Waals surface area (Å²) in [6.07, 6.45) is -1.48. The molecule has 26 heavy (non-hydrogen) atoms. The van der Waals surface area contributed by atoms with Crippen molar-refractivity contribution in [1.29, 1.82) is 5.26 Å². The molecule has 0 bridgehead atoms. The number of benzene rings is 2. The highest BCUT2D eigenvalue weighted by atomic mass is 19.1. The van der Waals surface area contributed by atoms with E-state index in [0.717, 1.165) is 17.7 Å². The van der Waals surface area contributed by atoms with Crippen LogP contribution in [0.1, 0.15) is 35.3 Å². The Morgan fingerprint density at radius 3 is 2.54 bits per heavy atom. The third-order valence-corrected chi connectivity index (χ3v) is 3.76. The fraction of sp³-hybridized carbons (Fsp3) is 0.263. The molecule has 0 aromatic heterocycles. The second-order valence-corrected chi connectivity index (χ2v) is 5.45. The van der Waals surface area contributed by atoms with Crippen molar-refractivity contribution in [3.8, 4) is 6.07 Å². The molecule has 5 nitrogen and oxygen atoms in total. The zero-order chi connectivity index (χ0) is 19.1. The van der Waals surface area contributed by atoms with E-state index in [0.29, 0.717) is 5.56 Å². The van der Waals surface area contributed by atoms with E-state index in [1.54, 1.807) is 31.2 Å². The number of rotatable bonds is 7. The van der Waals surface area contributed by atoms with Crippen LogP contribution in [-0.2, 0) is 22.7 Å². The lowest BCUT2D eigenvalue weighted by molar-refractivity contribution is -0.133. The molecule has 2 aromatic carbocycles. The SMILES string of the molecule is CCOC(C(=O)NCc1ccc(C#N)cc1)c1c(F)ccc(CO)c1F. The van der Waals surface area contributed by atoms with Crippen LogP contribution >= 0.6 is 0 Å². The molecule has 136 valence electrons. The number of nitriles is 1. The number of carbonyl (C=O) groups excluding carboxylic acids is 1. The van der Waals surface area contributed by atoms with Gasteiger partial charge < -0.3 is 15.2 Å². The van der Waals surface area contributed by atoms with E-state index < -0.39 is 35.8 Å². The van der Waals surface area contributed by atoms with Crippen molar-refractivity contribution in [1.82, 2.24) is 5.32 Å². The van der Waals surface area contributed by atoms with Crippen molar-refractivity contribution in [2.24, 2.45) is 0 Å². The number of aliphatic hydroxyl groups is 1. The Morgan fingerprint density at radius 2 is 1.96 bits per heavy atom. The number of aliphatic hydroxyl groups excluding tert-OH is 1. The van der Waals surface area contributed by atoms with Crippen molar-refractivity contribution in [3.05, 3.63) is 70.3 Å². The van der Waals surface area contributed by atoms with Crippen LogP contribution in [0.2, 0.25) is 0 Å². The number of nitrogens with one attached hydrogen (secondary N) is 1. The lowest BCUT2D eigenvalue weighted by atomic mass is 10.0. The zero-order valence-electron chi connectivity index (χ0n) is 14.1. The summed E-state index contributed by atoms with van der Waals surface area (Å²) in [6, 6.07) is 10.6. The average Bonchev–Trinajstić information content (AvgIpc) is 2.66. The minimum atomic E-state index is -1.48. The Balaban J connectivity index is 2.21. The summed E-state index contributed by atoms with van der Waals surface area (Å²) in [5.41, 5.74) is 0.552. The van der Waals surface area contributed by atoms with Gasteiger partial charge in [-0.05, 0) is 30.7 Å². The van der Waals surface area contributed by atoms with Crippen molar-refractivity contribution in [3.63, 3.8) is 0 Å². The zero-order valence-corrected chi connectivity index (χ0v) is 14.1. The maximum absolute atomic E-state index is 14.4. The molecule has 0 radical (unpaired) electrons. The second-order valence-electron chi connectivity index (χ2n) is 5.45. The summed E-state index contributed by atoms with van der Waals surface area (Å²) < 4.78 is 33.8. The molecule has 0 aliphatic carbocycles. The number of hydrogen-bond donors (Lipinski definition) is 2. The minimum Gasteiger partial charge on any atom is -0.392 e. The van der Waals surface area contributed by atoms with E-state index in [2.05, 4.69) is 5.32 Å². The van der Waals surface area contributed by atoms with E-state index in [-0.39, 0.29) is 18.7 Å². The first-order valence-corrected chi connectivity index (χ1v) is 7.97. The lowest BCUT2D eigenvalue weighted by Crippen LogP contribution is -2.32.